The zero-order valence-electron chi connectivity index (χ0n) is 11.0. The van der Waals surface area contributed by atoms with Crippen LogP contribution in [0, 0.1) is 11.6 Å². The minimum Gasteiger partial charge on any atom is -0.373 e. The number of halogens is 3. The van der Waals surface area contributed by atoms with Gasteiger partial charge in [-0.25, -0.2) is 18.7 Å². The zero-order valence-corrected chi connectivity index (χ0v) is 11.7. The summed E-state index contributed by atoms with van der Waals surface area (Å²) in [6.45, 7) is 0. The minimum absolute atomic E-state index is 0.0170. The van der Waals surface area contributed by atoms with Crippen LogP contribution in [0.1, 0.15) is 0 Å². The lowest BCUT2D eigenvalue weighted by Gasteiger charge is -2.09. The molecule has 1 heterocycles. The minimum atomic E-state index is -0.965. The van der Waals surface area contributed by atoms with Gasteiger partial charge in [-0.3, -0.25) is 0 Å². The van der Waals surface area contributed by atoms with E-state index in [-0.39, 0.29) is 11.4 Å². The summed E-state index contributed by atoms with van der Waals surface area (Å²) in [6.07, 6.45) is 0. The fourth-order valence-electron chi connectivity index (χ4n) is 2.09. The third kappa shape index (κ3) is 2.40. The first-order chi connectivity index (χ1) is 10.1. The van der Waals surface area contributed by atoms with Gasteiger partial charge in [0.25, 0.3) is 0 Å². The molecule has 0 unspecified atom stereocenters. The maximum Gasteiger partial charge on any atom is 0.169 e. The van der Waals surface area contributed by atoms with Crippen molar-refractivity contribution in [2.24, 2.45) is 0 Å². The van der Waals surface area contributed by atoms with E-state index >= 15 is 0 Å². The van der Waals surface area contributed by atoms with Gasteiger partial charge in [0.15, 0.2) is 17.5 Å². The van der Waals surface area contributed by atoms with Crippen LogP contribution in [0.3, 0.4) is 0 Å². The van der Waals surface area contributed by atoms with Gasteiger partial charge in [-0.05, 0) is 30.3 Å². The summed E-state index contributed by atoms with van der Waals surface area (Å²) in [5.74, 6) is -1.28. The second kappa shape index (κ2) is 5.26. The number of nitrogens with zero attached hydrogens (tertiary/aromatic N) is 2. The van der Waals surface area contributed by atoms with Crippen LogP contribution >= 0.6 is 11.6 Å². The fourth-order valence-corrected chi connectivity index (χ4v) is 2.26. The maximum atomic E-state index is 13.9. The van der Waals surface area contributed by atoms with Crippen molar-refractivity contribution in [3.63, 3.8) is 0 Å². The number of hydrogen-bond donors (Lipinski definition) is 1. The third-order valence-corrected chi connectivity index (χ3v) is 3.32. The van der Waals surface area contributed by atoms with Crippen molar-refractivity contribution in [1.82, 2.24) is 9.97 Å². The van der Waals surface area contributed by atoms with E-state index in [0.717, 1.165) is 6.07 Å². The topological polar surface area (TPSA) is 37.8 Å². The Morgan fingerprint density at radius 3 is 2.67 bits per heavy atom. The van der Waals surface area contributed by atoms with Gasteiger partial charge in [-0.1, -0.05) is 17.7 Å². The van der Waals surface area contributed by atoms with Gasteiger partial charge in [0.05, 0.1) is 11.1 Å². The molecule has 0 saturated carbocycles. The van der Waals surface area contributed by atoms with E-state index in [1.807, 2.05) is 0 Å². The van der Waals surface area contributed by atoms with E-state index in [1.165, 1.54) is 12.1 Å². The van der Waals surface area contributed by atoms with Gasteiger partial charge in [-0.15, -0.1) is 0 Å². The second-order valence-electron chi connectivity index (χ2n) is 4.41. The molecule has 3 nitrogen and oxygen atoms in total. The van der Waals surface area contributed by atoms with E-state index in [9.17, 15) is 8.78 Å². The first-order valence-electron chi connectivity index (χ1n) is 6.19. The Hall–Kier alpha value is -2.27. The molecule has 1 aromatic heterocycles. The van der Waals surface area contributed by atoms with Crippen LogP contribution in [-0.4, -0.2) is 17.0 Å². The molecule has 0 saturated heterocycles. The highest BCUT2D eigenvalue weighted by atomic mass is 35.5. The van der Waals surface area contributed by atoms with Crippen molar-refractivity contribution < 1.29 is 8.78 Å². The molecule has 0 bridgehead atoms. The largest absolute Gasteiger partial charge is 0.373 e. The predicted molar refractivity (Wildman–Crippen MR) is 79.4 cm³/mol. The first-order valence-corrected chi connectivity index (χ1v) is 6.57. The van der Waals surface area contributed by atoms with Crippen LogP contribution in [-0.2, 0) is 0 Å². The van der Waals surface area contributed by atoms with Crippen molar-refractivity contribution in [1.29, 1.82) is 0 Å². The molecule has 0 atom stereocenters. The SMILES string of the molecule is CNc1nc(-c2cccc(F)c2F)nc2ccc(Cl)cc12. The van der Waals surface area contributed by atoms with Crippen LogP contribution in [0.15, 0.2) is 36.4 Å². The van der Waals surface area contributed by atoms with E-state index in [0.29, 0.717) is 21.7 Å². The Balaban J connectivity index is 2.29. The highest BCUT2D eigenvalue weighted by Crippen LogP contribution is 2.28. The van der Waals surface area contributed by atoms with Crippen LogP contribution < -0.4 is 5.32 Å². The predicted octanol–water partition coefficient (Wildman–Crippen LogP) is 4.27. The molecule has 6 heteroatoms. The summed E-state index contributed by atoms with van der Waals surface area (Å²) in [4.78, 5) is 8.53. The number of nitrogens with one attached hydrogen (secondary N) is 1. The van der Waals surface area contributed by atoms with Crippen LogP contribution in [0.5, 0.6) is 0 Å². The van der Waals surface area contributed by atoms with Gasteiger partial charge < -0.3 is 5.32 Å². The summed E-state index contributed by atoms with van der Waals surface area (Å²) in [6, 6.07) is 9.02. The zero-order chi connectivity index (χ0) is 15.0. The number of fused-ring (bicyclic) bond motifs is 1. The molecule has 3 rings (SSSR count). The number of aromatic nitrogens is 2. The van der Waals surface area contributed by atoms with Crippen LogP contribution in [0.2, 0.25) is 5.02 Å². The third-order valence-electron chi connectivity index (χ3n) is 3.09. The number of hydrogen-bond acceptors (Lipinski definition) is 3. The standard InChI is InChI=1S/C15H10ClF2N3/c1-19-14-10-7-8(16)5-6-12(10)20-15(21-14)9-3-2-4-11(17)13(9)18/h2-7H,1H3,(H,19,20,21). The fraction of sp³-hybridized carbons (Fsp3) is 0.0667. The monoisotopic (exact) mass is 305 g/mol. The van der Waals surface area contributed by atoms with E-state index < -0.39 is 11.6 Å². The molecule has 0 aliphatic heterocycles. The molecule has 0 aliphatic carbocycles. The molecule has 0 radical (unpaired) electrons. The Kier molecular flexibility index (Phi) is 3.43. The van der Waals surface area contributed by atoms with Gasteiger partial charge in [0.1, 0.15) is 5.82 Å². The smallest absolute Gasteiger partial charge is 0.169 e. The second-order valence-corrected chi connectivity index (χ2v) is 4.85. The summed E-state index contributed by atoms with van der Waals surface area (Å²) >= 11 is 5.96. The van der Waals surface area contributed by atoms with Crippen molar-refractivity contribution in [3.8, 4) is 11.4 Å². The molecule has 3 aromatic rings. The average molecular weight is 306 g/mol. The van der Waals surface area contributed by atoms with E-state index in [4.69, 9.17) is 11.6 Å². The summed E-state index contributed by atoms with van der Waals surface area (Å²) in [7, 11) is 1.69. The molecule has 106 valence electrons. The molecule has 1 N–H and O–H groups in total. The average Bonchev–Trinajstić information content (AvgIpc) is 2.49. The van der Waals surface area contributed by atoms with Gasteiger partial charge in [-0.2, -0.15) is 0 Å². The molecule has 2 aromatic carbocycles. The molecular formula is C15H10ClF2N3. The number of benzene rings is 2. The van der Waals surface area contributed by atoms with Crippen LogP contribution in [0.25, 0.3) is 22.3 Å². The first kappa shape index (κ1) is 13.7. The molecule has 21 heavy (non-hydrogen) atoms. The number of rotatable bonds is 2. The van der Waals surface area contributed by atoms with E-state index in [2.05, 4.69) is 15.3 Å². The highest BCUT2D eigenvalue weighted by molar-refractivity contribution is 6.31. The Morgan fingerprint density at radius 1 is 1.10 bits per heavy atom. The van der Waals surface area contributed by atoms with Crippen molar-refractivity contribution >= 4 is 28.3 Å². The lowest BCUT2D eigenvalue weighted by molar-refractivity contribution is 0.510. The van der Waals surface area contributed by atoms with Gasteiger partial charge in [0.2, 0.25) is 0 Å². The van der Waals surface area contributed by atoms with Gasteiger partial charge in [0, 0.05) is 17.5 Å². The Labute approximate surface area is 124 Å². The van der Waals surface area contributed by atoms with Crippen molar-refractivity contribution in [2.75, 3.05) is 12.4 Å². The quantitative estimate of drug-likeness (QED) is 0.768. The Morgan fingerprint density at radius 2 is 1.90 bits per heavy atom. The summed E-state index contributed by atoms with van der Waals surface area (Å²) < 4.78 is 27.2. The summed E-state index contributed by atoms with van der Waals surface area (Å²) in [5, 5.41) is 4.18. The Bertz CT molecular complexity index is 837. The van der Waals surface area contributed by atoms with Crippen LogP contribution in [0.4, 0.5) is 14.6 Å². The van der Waals surface area contributed by atoms with Crippen molar-refractivity contribution in [2.45, 2.75) is 0 Å². The molecule has 0 fully saturated rings. The normalized spacial score (nSPS) is 10.9. The lowest BCUT2D eigenvalue weighted by Crippen LogP contribution is -2.00. The highest BCUT2D eigenvalue weighted by Gasteiger charge is 2.15. The molecule has 0 amide bonds. The molecular weight excluding hydrogens is 296 g/mol. The van der Waals surface area contributed by atoms with E-state index in [1.54, 1.807) is 25.2 Å². The molecule has 0 aliphatic rings. The lowest BCUT2D eigenvalue weighted by atomic mass is 10.1. The van der Waals surface area contributed by atoms with Gasteiger partial charge >= 0.3 is 0 Å². The summed E-state index contributed by atoms with van der Waals surface area (Å²) in [5.41, 5.74) is 0.612. The number of anilines is 1. The molecule has 0 spiro atoms. The maximum absolute atomic E-state index is 13.9. The van der Waals surface area contributed by atoms with Crippen molar-refractivity contribution in [3.05, 3.63) is 53.1 Å².